The predicted molar refractivity (Wildman–Crippen MR) is 72.4 cm³/mol. The minimum atomic E-state index is -1.13. The van der Waals surface area contributed by atoms with E-state index in [0.29, 0.717) is 15.9 Å². The summed E-state index contributed by atoms with van der Waals surface area (Å²) >= 11 is 3.39. The first kappa shape index (κ1) is 12.6. The Hall–Kier alpha value is -1.82. The molecule has 0 bridgehead atoms. The minimum absolute atomic E-state index is 0.405. The number of nitrogens with zero attached hydrogens (tertiary/aromatic N) is 1. The van der Waals surface area contributed by atoms with E-state index in [1.807, 2.05) is 19.1 Å². The van der Waals surface area contributed by atoms with E-state index >= 15 is 0 Å². The van der Waals surface area contributed by atoms with Crippen LogP contribution >= 0.6 is 15.9 Å². The van der Waals surface area contributed by atoms with Crippen LogP contribution in [0, 0.1) is 6.92 Å². The van der Waals surface area contributed by atoms with E-state index in [0.717, 1.165) is 16.5 Å². The van der Waals surface area contributed by atoms with Crippen LogP contribution in [0.2, 0.25) is 0 Å². The van der Waals surface area contributed by atoms with E-state index in [9.17, 15) is 4.79 Å². The summed E-state index contributed by atoms with van der Waals surface area (Å²) in [5, 5.41) is 11.8. The van der Waals surface area contributed by atoms with Gasteiger partial charge in [-0.1, -0.05) is 0 Å². The lowest BCUT2D eigenvalue weighted by atomic mass is 10.1. The first-order chi connectivity index (χ1) is 8.52. The third-order valence-corrected chi connectivity index (χ3v) is 3.40. The molecule has 0 fully saturated rings. The molecule has 1 amide bonds. The van der Waals surface area contributed by atoms with Crippen molar-refractivity contribution in [2.24, 2.45) is 0 Å². The first-order valence-electron chi connectivity index (χ1n) is 5.15. The number of benzene rings is 1. The molecule has 0 aliphatic heterocycles. The minimum Gasteiger partial charge on any atom is -0.497 e. The molecule has 94 valence electrons. The van der Waals surface area contributed by atoms with E-state index in [1.54, 1.807) is 7.11 Å². The molecule has 0 saturated carbocycles. The summed E-state index contributed by atoms with van der Waals surface area (Å²) in [6.07, 6.45) is 0.358. The molecule has 1 aromatic carbocycles. The molecule has 18 heavy (non-hydrogen) atoms. The second-order valence-corrected chi connectivity index (χ2v) is 4.55. The van der Waals surface area contributed by atoms with Crippen LogP contribution in [0.1, 0.15) is 5.56 Å². The Morgan fingerprint density at radius 1 is 1.50 bits per heavy atom. The number of carbonyl (C=O) groups is 1. The Labute approximate surface area is 112 Å². The van der Waals surface area contributed by atoms with Crippen LogP contribution in [-0.2, 0) is 0 Å². The van der Waals surface area contributed by atoms with Crippen molar-refractivity contribution in [2.45, 2.75) is 6.92 Å². The number of halogens is 1. The number of hydrogen-bond donors (Lipinski definition) is 2. The molecule has 1 heterocycles. The van der Waals surface area contributed by atoms with Gasteiger partial charge in [0.25, 0.3) is 0 Å². The Morgan fingerprint density at radius 2 is 2.22 bits per heavy atom. The van der Waals surface area contributed by atoms with Gasteiger partial charge < -0.3 is 9.84 Å². The Morgan fingerprint density at radius 3 is 2.83 bits per heavy atom. The average Bonchev–Trinajstić information content (AvgIpc) is 2.32. The van der Waals surface area contributed by atoms with Crippen molar-refractivity contribution in [3.63, 3.8) is 0 Å². The summed E-state index contributed by atoms with van der Waals surface area (Å²) in [6, 6.07) is 3.69. The number of carboxylic acid groups (broad SMARTS) is 1. The number of hydrogen-bond acceptors (Lipinski definition) is 3. The Balaban J connectivity index is 2.68. The molecule has 2 rings (SSSR count). The van der Waals surface area contributed by atoms with Gasteiger partial charge in [-0.2, -0.15) is 0 Å². The van der Waals surface area contributed by atoms with Gasteiger partial charge in [0.1, 0.15) is 5.75 Å². The van der Waals surface area contributed by atoms with Gasteiger partial charge in [0.2, 0.25) is 0 Å². The normalized spacial score (nSPS) is 10.4. The van der Waals surface area contributed by atoms with Crippen LogP contribution in [-0.4, -0.2) is 23.3 Å². The number of fused-ring (bicyclic) bond motifs is 1. The molecular weight excluding hydrogens is 300 g/mol. The van der Waals surface area contributed by atoms with Gasteiger partial charge in [-0.05, 0) is 40.5 Å². The SMILES string of the molecule is COc1cc(C)c2ncc(NC(=O)O)c(Br)c2c1. The van der Waals surface area contributed by atoms with Crippen LogP contribution in [0.3, 0.4) is 0 Å². The highest BCUT2D eigenvalue weighted by Gasteiger charge is 2.11. The number of methoxy groups -OCH3 is 1. The third kappa shape index (κ3) is 2.24. The van der Waals surface area contributed by atoms with Gasteiger partial charge in [-0.25, -0.2) is 4.79 Å². The van der Waals surface area contributed by atoms with E-state index in [1.165, 1.54) is 6.20 Å². The highest BCUT2D eigenvalue weighted by atomic mass is 79.9. The summed E-state index contributed by atoms with van der Waals surface area (Å²) in [5.74, 6) is 0.704. The second kappa shape index (κ2) is 4.81. The molecular formula is C12H11BrN2O3. The number of aryl methyl sites for hydroxylation is 1. The monoisotopic (exact) mass is 310 g/mol. The van der Waals surface area contributed by atoms with Gasteiger partial charge in [-0.15, -0.1) is 0 Å². The maximum atomic E-state index is 10.7. The maximum absolute atomic E-state index is 10.7. The zero-order valence-corrected chi connectivity index (χ0v) is 11.4. The molecule has 0 aliphatic rings. The number of ether oxygens (including phenoxy) is 1. The van der Waals surface area contributed by atoms with Crippen molar-refractivity contribution in [1.82, 2.24) is 4.98 Å². The molecule has 0 spiro atoms. The Kier molecular flexibility index (Phi) is 3.38. The average molecular weight is 311 g/mol. The molecule has 0 atom stereocenters. The van der Waals surface area contributed by atoms with Crippen molar-refractivity contribution < 1.29 is 14.6 Å². The summed E-state index contributed by atoms with van der Waals surface area (Å²) in [7, 11) is 1.58. The molecule has 0 saturated heterocycles. The summed E-state index contributed by atoms with van der Waals surface area (Å²) in [4.78, 5) is 14.9. The maximum Gasteiger partial charge on any atom is 0.409 e. The lowest BCUT2D eigenvalue weighted by Crippen LogP contribution is -2.08. The highest BCUT2D eigenvalue weighted by Crippen LogP contribution is 2.33. The largest absolute Gasteiger partial charge is 0.497 e. The van der Waals surface area contributed by atoms with Crippen molar-refractivity contribution in [1.29, 1.82) is 0 Å². The molecule has 2 N–H and O–H groups in total. The zero-order chi connectivity index (χ0) is 13.3. The lowest BCUT2D eigenvalue weighted by Gasteiger charge is -2.10. The predicted octanol–water partition coefficient (Wildman–Crippen LogP) is 3.40. The van der Waals surface area contributed by atoms with E-state index < -0.39 is 6.09 Å². The van der Waals surface area contributed by atoms with Crippen LogP contribution in [0.5, 0.6) is 5.75 Å². The topological polar surface area (TPSA) is 71.5 Å². The molecule has 1 aromatic heterocycles. The van der Waals surface area contributed by atoms with Crippen LogP contribution < -0.4 is 10.1 Å². The van der Waals surface area contributed by atoms with Crippen molar-refractivity contribution in [3.8, 4) is 5.75 Å². The standard InChI is InChI=1S/C12H11BrN2O3/c1-6-3-7(18-2)4-8-10(13)9(15-12(16)17)5-14-11(6)8/h3-5,15H,1-2H3,(H,16,17). The number of anilines is 1. The molecule has 0 unspecified atom stereocenters. The van der Waals surface area contributed by atoms with Crippen LogP contribution in [0.15, 0.2) is 22.8 Å². The third-order valence-electron chi connectivity index (χ3n) is 2.55. The summed E-state index contributed by atoms with van der Waals surface area (Å²) in [6.45, 7) is 1.93. The lowest BCUT2D eigenvalue weighted by molar-refractivity contribution is 0.209. The van der Waals surface area contributed by atoms with Crippen molar-refractivity contribution in [2.75, 3.05) is 12.4 Å². The molecule has 0 aliphatic carbocycles. The smallest absolute Gasteiger partial charge is 0.409 e. The van der Waals surface area contributed by atoms with Gasteiger partial charge in [-0.3, -0.25) is 10.3 Å². The van der Waals surface area contributed by atoms with Crippen molar-refractivity contribution in [3.05, 3.63) is 28.4 Å². The fourth-order valence-corrected chi connectivity index (χ4v) is 2.24. The Bertz CT molecular complexity index is 628. The first-order valence-corrected chi connectivity index (χ1v) is 5.95. The number of nitrogens with one attached hydrogen (secondary N) is 1. The van der Waals surface area contributed by atoms with Gasteiger partial charge in [0.05, 0.1) is 29.0 Å². The van der Waals surface area contributed by atoms with E-state index in [2.05, 4.69) is 26.2 Å². The van der Waals surface area contributed by atoms with Crippen LogP contribution in [0.25, 0.3) is 10.9 Å². The fraction of sp³-hybridized carbons (Fsp3) is 0.167. The van der Waals surface area contributed by atoms with E-state index in [4.69, 9.17) is 9.84 Å². The summed E-state index contributed by atoms with van der Waals surface area (Å²) in [5.41, 5.74) is 2.17. The quantitative estimate of drug-likeness (QED) is 0.891. The fourth-order valence-electron chi connectivity index (χ4n) is 1.74. The second-order valence-electron chi connectivity index (χ2n) is 3.76. The van der Waals surface area contributed by atoms with Crippen molar-refractivity contribution >= 4 is 38.6 Å². The van der Waals surface area contributed by atoms with Gasteiger partial charge in [0.15, 0.2) is 0 Å². The number of amides is 1. The van der Waals surface area contributed by atoms with Gasteiger partial charge >= 0.3 is 6.09 Å². The molecule has 2 aromatic rings. The number of aromatic nitrogens is 1. The number of pyridine rings is 1. The molecule has 5 nitrogen and oxygen atoms in total. The van der Waals surface area contributed by atoms with E-state index in [-0.39, 0.29) is 0 Å². The zero-order valence-electron chi connectivity index (χ0n) is 9.82. The molecule has 6 heteroatoms. The summed E-state index contributed by atoms with van der Waals surface area (Å²) < 4.78 is 5.84. The van der Waals surface area contributed by atoms with Crippen LogP contribution in [0.4, 0.5) is 10.5 Å². The molecule has 0 radical (unpaired) electrons. The van der Waals surface area contributed by atoms with Gasteiger partial charge in [0, 0.05) is 5.39 Å². The highest BCUT2D eigenvalue weighted by molar-refractivity contribution is 9.10. The number of rotatable bonds is 2.